The van der Waals surface area contributed by atoms with E-state index in [4.69, 9.17) is 0 Å². The van der Waals surface area contributed by atoms with E-state index in [0.717, 1.165) is 24.0 Å². The lowest BCUT2D eigenvalue weighted by Gasteiger charge is -2.22. The second kappa shape index (κ2) is 7.18. The Kier molecular flexibility index (Phi) is 4.79. The monoisotopic (exact) mass is 282 g/mol. The summed E-state index contributed by atoms with van der Waals surface area (Å²) in [5, 5.41) is 6.67. The van der Waals surface area contributed by atoms with Crippen LogP contribution in [0.1, 0.15) is 24.8 Å². The maximum Gasteiger partial charge on any atom is 0.131 e. The Morgan fingerprint density at radius 2 is 1.90 bits per heavy atom. The molecule has 3 rings (SSSR count). The van der Waals surface area contributed by atoms with Gasteiger partial charge in [0, 0.05) is 12.4 Å². The number of pyridine rings is 2. The van der Waals surface area contributed by atoms with Crippen LogP contribution in [0.15, 0.2) is 42.7 Å². The summed E-state index contributed by atoms with van der Waals surface area (Å²) in [5.74, 6) is 2.57. The zero-order valence-corrected chi connectivity index (χ0v) is 12.3. The van der Waals surface area contributed by atoms with Gasteiger partial charge in [0.1, 0.15) is 11.6 Å². The van der Waals surface area contributed by atoms with Gasteiger partial charge in [-0.1, -0.05) is 6.07 Å². The lowest BCUT2D eigenvalue weighted by atomic mass is 9.91. The van der Waals surface area contributed by atoms with Gasteiger partial charge >= 0.3 is 0 Å². The van der Waals surface area contributed by atoms with E-state index in [1.165, 1.54) is 37.9 Å². The first-order valence-electron chi connectivity index (χ1n) is 7.74. The fourth-order valence-electron chi connectivity index (χ4n) is 2.81. The van der Waals surface area contributed by atoms with Crippen molar-refractivity contribution in [2.75, 3.05) is 18.4 Å². The quantitative estimate of drug-likeness (QED) is 0.884. The van der Waals surface area contributed by atoms with Gasteiger partial charge < -0.3 is 10.6 Å². The summed E-state index contributed by atoms with van der Waals surface area (Å²) < 4.78 is 0. The second-order valence-corrected chi connectivity index (χ2v) is 5.62. The number of aromatic nitrogens is 2. The molecule has 2 aromatic rings. The predicted molar refractivity (Wildman–Crippen MR) is 85.7 cm³/mol. The van der Waals surface area contributed by atoms with Gasteiger partial charge in [-0.05, 0) is 74.5 Å². The standard InChI is InChI=1S/C17H22N4/c1-2-9-19-16(3-1)21-17-13-15(8-12-20-17)5-4-14-6-10-18-11-7-14/h1-3,8-9,12-14,18H,4-7,10-11H2,(H,19,20,21). The molecule has 0 aliphatic carbocycles. The number of anilines is 2. The molecule has 2 N–H and O–H groups in total. The van der Waals surface area contributed by atoms with Gasteiger partial charge in [0.25, 0.3) is 0 Å². The summed E-state index contributed by atoms with van der Waals surface area (Å²) in [7, 11) is 0. The molecular formula is C17H22N4. The first-order chi connectivity index (χ1) is 10.4. The Morgan fingerprint density at radius 3 is 2.71 bits per heavy atom. The summed E-state index contributed by atoms with van der Waals surface area (Å²) >= 11 is 0. The molecule has 110 valence electrons. The fraction of sp³-hybridized carbons (Fsp3) is 0.412. The molecule has 1 fully saturated rings. The molecule has 0 amide bonds. The van der Waals surface area contributed by atoms with Crippen LogP contribution in [0.3, 0.4) is 0 Å². The summed E-state index contributed by atoms with van der Waals surface area (Å²) in [6, 6.07) is 10.1. The Labute approximate surface area is 126 Å². The van der Waals surface area contributed by atoms with Crippen LogP contribution in [0.4, 0.5) is 11.6 Å². The highest BCUT2D eigenvalue weighted by atomic mass is 15.0. The normalized spacial score (nSPS) is 15.8. The van der Waals surface area contributed by atoms with Crippen molar-refractivity contribution in [1.29, 1.82) is 0 Å². The van der Waals surface area contributed by atoms with E-state index >= 15 is 0 Å². The Bertz CT molecular complexity index is 550. The number of rotatable bonds is 5. The van der Waals surface area contributed by atoms with Crippen molar-refractivity contribution < 1.29 is 0 Å². The minimum absolute atomic E-state index is 0.834. The number of aryl methyl sites for hydroxylation is 1. The maximum absolute atomic E-state index is 4.37. The van der Waals surface area contributed by atoms with E-state index in [9.17, 15) is 0 Å². The summed E-state index contributed by atoms with van der Waals surface area (Å²) in [5.41, 5.74) is 1.35. The zero-order chi connectivity index (χ0) is 14.3. The van der Waals surface area contributed by atoms with Crippen LogP contribution in [-0.4, -0.2) is 23.1 Å². The van der Waals surface area contributed by atoms with Gasteiger partial charge in [-0.15, -0.1) is 0 Å². The first kappa shape index (κ1) is 14.0. The summed E-state index contributed by atoms with van der Waals surface area (Å²) in [6.45, 7) is 2.35. The van der Waals surface area contributed by atoms with Gasteiger partial charge in [0.2, 0.25) is 0 Å². The van der Waals surface area contributed by atoms with Crippen LogP contribution in [0, 0.1) is 5.92 Å². The molecule has 1 aliphatic heterocycles. The summed E-state index contributed by atoms with van der Waals surface area (Å²) in [6.07, 6.45) is 8.68. The maximum atomic E-state index is 4.37. The minimum atomic E-state index is 0.834. The molecule has 3 heterocycles. The van der Waals surface area contributed by atoms with E-state index in [2.05, 4.69) is 32.7 Å². The lowest BCUT2D eigenvalue weighted by Crippen LogP contribution is -2.27. The number of hydrogen-bond donors (Lipinski definition) is 2. The SMILES string of the molecule is c1ccc(Nc2cc(CCC3CCNCC3)ccn2)nc1. The highest BCUT2D eigenvalue weighted by Gasteiger charge is 2.12. The first-order valence-corrected chi connectivity index (χ1v) is 7.74. The molecule has 2 aromatic heterocycles. The van der Waals surface area contributed by atoms with Crippen LogP contribution in [0.2, 0.25) is 0 Å². The smallest absolute Gasteiger partial charge is 0.131 e. The summed E-state index contributed by atoms with van der Waals surface area (Å²) in [4.78, 5) is 8.63. The Hall–Kier alpha value is -1.94. The van der Waals surface area contributed by atoms with Crippen LogP contribution in [-0.2, 0) is 6.42 Å². The highest BCUT2D eigenvalue weighted by molar-refractivity contribution is 5.51. The lowest BCUT2D eigenvalue weighted by molar-refractivity contribution is 0.354. The van der Waals surface area contributed by atoms with Crippen LogP contribution < -0.4 is 10.6 Å². The second-order valence-electron chi connectivity index (χ2n) is 5.62. The van der Waals surface area contributed by atoms with Crippen LogP contribution in [0.5, 0.6) is 0 Å². The van der Waals surface area contributed by atoms with Crippen molar-refractivity contribution in [2.45, 2.75) is 25.7 Å². The topological polar surface area (TPSA) is 49.8 Å². The van der Waals surface area contributed by atoms with E-state index in [1.807, 2.05) is 24.4 Å². The molecule has 0 spiro atoms. The molecule has 4 nitrogen and oxygen atoms in total. The van der Waals surface area contributed by atoms with Gasteiger partial charge in [0.15, 0.2) is 0 Å². The molecule has 0 radical (unpaired) electrons. The van der Waals surface area contributed by atoms with E-state index in [-0.39, 0.29) is 0 Å². The molecule has 0 bridgehead atoms. The zero-order valence-electron chi connectivity index (χ0n) is 12.3. The van der Waals surface area contributed by atoms with Crippen molar-refractivity contribution in [2.24, 2.45) is 5.92 Å². The molecule has 0 aromatic carbocycles. The van der Waals surface area contributed by atoms with Crippen molar-refractivity contribution in [3.8, 4) is 0 Å². The van der Waals surface area contributed by atoms with Crippen LogP contribution >= 0.6 is 0 Å². The molecule has 21 heavy (non-hydrogen) atoms. The average Bonchev–Trinajstić information content (AvgIpc) is 2.55. The van der Waals surface area contributed by atoms with E-state index in [1.54, 1.807) is 6.20 Å². The van der Waals surface area contributed by atoms with E-state index < -0.39 is 0 Å². The molecule has 1 saturated heterocycles. The highest BCUT2D eigenvalue weighted by Crippen LogP contribution is 2.20. The molecule has 0 saturated carbocycles. The van der Waals surface area contributed by atoms with Crippen molar-refractivity contribution >= 4 is 11.6 Å². The molecular weight excluding hydrogens is 260 g/mol. The minimum Gasteiger partial charge on any atom is -0.325 e. The number of nitrogens with zero attached hydrogens (tertiary/aromatic N) is 2. The third kappa shape index (κ3) is 4.26. The number of nitrogens with one attached hydrogen (secondary N) is 2. The van der Waals surface area contributed by atoms with E-state index in [0.29, 0.717) is 0 Å². The fourth-order valence-corrected chi connectivity index (χ4v) is 2.81. The Morgan fingerprint density at radius 1 is 1.05 bits per heavy atom. The molecule has 1 aliphatic rings. The van der Waals surface area contributed by atoms with Gasteiger partial charge in [-0.25, -0.2) is 9.97 Å². The third-order valence-corrected chi connectivity index (χ3v) is 4.05. The Balaban J connectivity index is 1.57. The number of piperidine rings is 1. The van der Waals surface area contributed by atoms with Gasteiger partial charge in [0.05, 0.1) is 0 Å². The molecule has 0 unspecified atom stereocenters. The van der Waals surface area contributed by atoms with Crippen LogP contribution in [0.25, 0.3) is 0 Å². The third-order valence-electron chi connectivity index (χ3n) is 4.05. The largest absolute Gasteiger partial charge is 0.325 e. The average molecular weight is 282 g/mol. The van der Waals surface area contributed by atoms with Crippen molar-refractivity contribution in [3.63, 3.8) is 0 Å². The number of hydrogen-bond acceptors (Lipinski definition) is 4. The molecule has 4 heteroatoms. The van der Waals surface area contributed by atoms with Gasteiger partial charge in [-0.2, -0.15) is 0 Å². The van der Waals surface area contributed by atoms with Crippen molar-refractivity contribution in [3.05, 3.63) is 48.3 Å². The van der Waals surface area contributed by atoms with Crippen molar-refractivity contribution in [1.82, 2.24) is 15.3 Å². The van der Waals surface area contributed by atoms with Gasteiger partial charge in [-0.3, -0.25) is 0 Å². The predicted octanol–water partition coefficient (Wildman–Crippen LogP) is 3.15. The molecule has 0 atom stereocenters.